The van der Waals surface area contributed by atoms with Crippen LogP contribution in [0.2, 0.25) is 0 Å². The van der Waals surface area contributed by atoms with E-state index in [4.69, 9.17) is 4.74 Å². The number of rotatable bonds is 7. The van der Waals surface area contributed by atoms with E-state index in [0.717, 1.165) is 19.7 Å². The molecule has 19 heavy (non-hydrogen) atoms. The molecule has 1 aliphatic rings. The molecule has 0 spiro atoms. The lowest BCUT2D eigenvalue weighted by molar-refractivity contribution is 0.119. The van der Waals surface area contributed by atoms with Gasteiger partial charge in [-0.05, 0) is 50.2 Å². The highest BCUT2D eigenvalue weighted by molar-refractivity contribution is 7.10. The zero-order chi connectivity index (χ0) is 13.7. The Morgan fingerprint density at radius 2 is 2.42 bits per heavy atom. The molecule has 2 atom stereocenters. The molecule has 1 N–H and O–H groups in total. The zero-order valence-corrected chi connectivity index (χ0v) is 13.1. The average Bonchev–Trinajstić information content (AvgIpc) is 3.05. The fourth-order valence-electron chi connectivity index (χ4n) is 2.83. The summed E-state index contributed by atoms with van der Waals surface area (Å²) in [5.74, 6) is 0. The summed E-state index contributed by atoms with van der Waals surface area (Å²) in [4.78, 5) is 4.06. The molecule has 1 aliphatic heterocycles. The normalized spacial score (nSPS) is 21.2. The van der Waals surface area contributed by atoms with Gasteiger partial charge in [-0.25, -0.2) is 0 Å². The quantitative estimate of drug-likeness (QED) is 0.832. The second kappa shape index (κ2) is 7.39. The van der Waals surface area contributed by atoms with Crippen molar-refractivity contribution in [3.8, 4) is 0 Å². The Morgan fingerprint density at radius 3 is 3.00 bits per heavy atom. The number of nitrogens with zero attached hydrogens (tertiary/aromatic N) is 1. The van der Waals surface area contributed by atoms with Crippen LogP contribution in [0.25, 0.3) is 0 Å². The highest BCUT2D eigenvalue weighted by Gasteiger charge is 2.23. The Balaban J connectivity index is 2.00. The lowest BCUT2D eigenvalue weighted by atomic mass is 10.1. The first-order valence-corrected chi connectivity index (χ1v) is 8.10. The zero-order valence-electron chi connectivity index (χ0n) is 12.3. The molecule has 2 unspecified atom stereocenters. The predicted octanol–water partition coefficient (Wildman–Crippen LogP) is 2.82. The third kappa shape index (κ3) is 4.02. The Morgan fingerprint density at radius 1 is 1.58 bits per heavy atom. The minimum atomic E-state index is 0.484. The Labute approximate surface area is 121 Å². The van der Waals surface area contributed by atoms with Gasteiger partial charge in [0.25, 0.3) is 0 Å². The van der Waals surface area contributed by atoms with Crippen LogP contribution in [0.3, 0.4) is 0 Å². The summed E-state index contributed by atoms with van der Waals surface area (Å²) >= 11 is 1.87. The van der Waals surface area contributed by atoms with Gasteiger partial charge in [0, 0.05) is 37.2 Å². The van der Waals surface area contributed by atoms with Crippen LogP contribution in [-0.2, 0) is 4.74 Å². The molecule has 2 rings (SSSR count). The van der Waals surface area contributed by atoms with E-state index in [9.17, 15) is 0 Å². The van der Waals surface area contributed by atoms with E-state index in [1.54, 1.807) is 7.11 Å². The van der Waals surface area contributed by atoms with Gasteiger partial charge in [0.2, 0.25) is 0 Å². The van der Waals surface area contributed by atoms with Crippen molar-refractivity contribution >= 4 is 11.3 Å². The molecule has 0 amide bonds. The minimum absolute atomic E-state index is 0.484. The number of hydrogen-bond donors (Lipinski definition) is 1. The second-order valence-electron chi connectivity index (χ2n) is 5.42. The summed E-state index contributed by atoms with van der Waals surface area (Å²) < 4.78 is 5.28. The van der Waals surface area contributed by atoms with E-state index < -0.39 is 0 Å². The van der Waals surface area contributed by atoms with Gasteiger partial charge in [-0.2, -0.15) is 0 Å². The fourth-order valence-corrected chi connectivity index (χ4v) is 3.84. The molecule has 1 aromatic rings. The Kier molecular flexibility index (Phi) is 5.82. The van der Waals surface area contributed by atoms with Crippen molar-refractivity contribution in [2.24, 2.45) is 0 Å². The summed E-state index contributed by atoms with van der Waals surface area (Å²) in [6.45, 7) is 8.65. The van der Waals surface area contributed by atoms with Gasteiger partial charge in [0.05, 0.1) is 6.61 Å². The summed E-state index contributed by atoms with van der Waals surface area (Å²) in [5, 5.41) is 5.80. The van der Waals surface area contributed by atoms with Gasteiger partial charge in [-0.3, -0.25) is 4.90 Å². The summed E-state index contributed by atoms with van der Waals surface area (Å²) in [6.07, 6.45) is 2.62. The van der Waals surface area contributed by atoms with Gasteiger partial charge >= 0.3 is 0 Å². The number of methoxy groups -OCH3 is 1. The van der Waals surface area contributed by atoms with Gasteiger partial charge in [0.15, 0.2) is 0 Å². The molecule has 0 aliphatic carbocycles. The molecule has 0 bridgehead atoms. The van der Waals surface area contributed by atoms with Gasteiger partial charge in [0.1, 0.15) is 0 Å². The molecular formula is C15H26N2OS. The first kappa shape index (κ1) is 15.0. The summed E-state index contributed by atoms with van der Waals surface area (Å²) in [5.41, 5.74) is 1.42. The topological polar surface area (TPSA) is 24.5 Å². The van der Waals surface area contributed by atoms with Crippen LogP contribution >= 0.6 is 11.3 Å². The Hall–Kier alpha value is -0.420. The van der Waals surface area contributed by atoms with Crippen LogP contribution < -0.4 is 5.32 Å². The van der Waals surface area contributed by atoms with Gasteiger partial charge in [-0.15, -0.1) is 11.3 Å². The SMILES string of the molecule is COCCN(CC1CCCN1)C(C)c1sccc1C. The van der Waals surface area contributed by atoms with Gasteiger partial charge in [-0.1, -0.05) is 0 Å². The lowest BCUT2D eigenvalue weighted by Gasteiger charge is -2.31. The van der Waals surface area contributed by atoms with Crippen molar-refractivity contribution in [2.45, 2.75) is 38.8 Å². The third-order valence-electron chi connectivity index (χ3n) is 4.03. The van der Waals surface area contributed by atoms with E-state index in [1.807, 2.05) is 11.3 Å². The molecule has 1 fully saturated rings. The first-order chi connectivity index (χ1) is 9.22. The number of hydrogen-bond acceptors (Lipinski definition) is 4. The van der Waals surface area contributed by atoms with E-state index >= 15 is 0 Å². The van der Waals surface area contributed by atoms with Gasteiger partial charge < -0.3 is 10.1 Å². The van der Waals surface area contributed by atoms with Crippen molar-refractivity contribution in [1.82, 2.24) is 10.2 Å². The number of nitrogens with one attached hydrogen (secondary N) is 1. The third-order valence-corrected chi connectivity index (χ3v) is 5.22. The molecule has 0 radical (unpaired) electrons. The van der Waals surface area contributed by atoms with E-state index in [1.165, 1.54) is 29.8 Å². The molecule has 0 aromatic carbocycles. The highest BCUT2D eigenvalue weighted by Crippen LogP contribution is 2.28. The maximum atomic E-state index is 5.28. The molecule has 4 heteroatoms. The number of aryl methyl sites for hydroxylation is 1. The van der Waals surface area contributed by atoms with Crippen molar-refractivity contribution in [3.05, 3.63) is 21.9 Å². The van der Waals surface area contributed by atoms with E-state index in [0.29, 0.717) is 12.1 Å². The molecule has 1 aromatic heterocycles. The summed E-state index contributed by atoms with van der Waals surface area (Å²) in [6, 6.07) is 3.36. The number of ether oxygens (including phenoxy) is 1. The van der Waals surface area contributed by atoms with E-state index in [-0.39, 0.29) is 0 Å². The fraction of sp³-hybridized carbons (Fsp3) is 0.733. The van der Waals surface area contributed by atoms with Crippen LogP contribution in [0, 0.1) is 6.92 Å². The van der Waals surface area contributed by atoms with Crippen molar-refractivity contribution in [3.63, 3.8) is 0 Å². The Bertz CT molecular complexity index is 374. The maximum Gasteiger partial charge on any atom is 0.0589 e. The van der Waals surface area contributed by atoms with Crippen LogP contribution in [0.1, 0.15) is 36.2 Å². The highest BCUT2D eigenvalue weighted by atomic mass is 32.1. The lowest BCUT2D eigenvalue weighted by Crippen LogP contribution is -2.40. The smallest absolute Gasteiger partial charge is 0.0589 e. The van der Waals surface area contributed by atoms with Crippen molar-refractivity contribution in [2.75, 3.05) is 33.4 Å². The molecule has 108 valence electrons. The average molecular weight is 282 g/mol. The van der Waals surface area contributed by atoms with Crippen LogP contribution in [0.15, 0.2) is 11.4 Å². The largest absolute Gasteiger partial charge is 0.383 e. The molecular weight excluding hydrogens is 256 g/mol. The van der Waals surface area contributed by atoms with Crippen LogP contribution in [0.4, 0.5) is 0 Å². The predicted molar refractivity (Wildman–Crippen MR) is 81.9 cm³/mol. The van der Waals surface area contributed by atoms with Crippen LogP contribution in [-0.4, -0.2) is 44.3 Å². The minimum Gasteiger partial charge on any atom is -0.383 e. The van der Waals surface area contributed by atoms with Crippen molar-refractivity contribution in [1.29, 1.82) is 0 Å². The van der Waals surface area contributed by atoms with E-state index in [2.05, 4.69) is 35.5 Å². The first-order valence-electron chi connectivity index (χ1n) is 7.22. The second-order valence-corrected chi connectivity index (χ2v) is 6.37. The van der Waals surface area contributed by atoms with Crippen LogP contribution in [0.5, 0.6) is 0 Å². The summed E-state index contributed by atoms with van der Waals surface area (Å²) in [7, 11) is 1.78. The molecule has 1 saturated heterocycles. The maximum absolute atomic E-state index is 5.28. The number of thiophene rings is 1. The molecule has 2 heterocycles. The standard InChI is InChI=1S/C15H26N2OS/c1-12-6-10-19-15(12)13(2)17(8-9-18-3)11-14-5-4-7-16-14/h6,10,13-14,16H,4-5,7-9,11H2,1-3H3. The monoisotopic (exact) mass is 282 g/mol. The molecule has 0 saturated carbocycles. The molecule has 3 nitrogen and oxygen atoms in total. The van der Waals surface area contributed by atoms with Crippen molar-refractivity contribution < 1.29 is 4.74 Å².